The summed E-state index contributed by atoms with van der Waals surface area (Å²) in [4.78, 5) is 9.03. The van der Waals surface area contributed by atoms with Gasteiger partial charge >= 0.3 is 0 Å². The number of carbonyl (C=O) groups is 1. The van der Waals surface area contributed by atoms with Crippen LogP contribution in [0.1, 0.15) is 77.6 Å². The smallest absolute Gasteiger partial charge is 0.251 e. The minimum atomic E-state index is -1.50. The summed E-state index contributed by atoms with van der Waals surface area (Å²) in [7, 11) is 3.20. The summed E-state index contributed by atoms with van der Waals surface area (Å²) in [6.45, 7) is 3.60. The Bertz CT molecular complexity index is 175. The highest BCUT2D eigenvalue weighted by molar-refractivity contribution is 5.53. The predicted molar refractivity (Wildman–Crippen MR) is 81.6 cm³/mol. The van der Waals surface area contributed by atoms with Crippen LogP contribution in [0, 0.1) is 0 Å². The average Bonchev–Trinajstić information content (AvgIpc) is 2.45. The van der Waals surface area contributed by atoms with E-state index in [1.165, 1.54) is 77.2 Å². The van der Waals surface area contributed by atoms with Crippen LogP contribution in [0.15, 0.2) is 0 Å². The number of methoxy groups -OCH3 is 1. The summed E-state index contributed by atoms with van der Waals surface area (Å²) >= 11 is 0. The van der Waals surface area contributed by atoms with Crippen molar-refractivity contribution in [3.05, 3.63) is 0 Å². The molecule has 0 aliphatic rings. The van der Waals surface area contributed by atoms with E-state index >= 15 is 0 Å². The molecule has 0 aromatic heterocycles. The molecule has 0 aliphatic heterocycles. The standard InChI is InChI=1S/C14H31N.C2H4O3/c1-3-4-5-6-7-8-9-10-11-12-13-14-15-2;1-5-2(3)4/h15H,3-14H2,1-2H3;1H3,(H,3,4). The second kappa shape index (κ2) is 20.5. The highest BCUT2D eigenvalue weighted by atomic mass is 16.6. The molecule has 0 aromatic rings. The molecule has 0 saturated carbocycles. The topological polar surface area (TPSA) is 66.0 Å². The molecule has 0 heterocycles. The van der Waals surface area contributed by atoms with Gasteiger partial charge in [0.05, 0.1) is 13.6 Å². The number of hydrogen-bond acceptors (Lipinski definition) is 3. The van der Waals surface area contributed by atoms with E-state index in [2.05, 4.69) is 24.0 Å². The van der Waals surface area contributed by atoms with Crippen LogP contribution in [-0.2, 0) is 4.74 Å². The number of nitrogens with two attached hydrogens (primary N) is 1. The van der Waals surface area contributed by atoms with Gasteiger partial charge in [0, 0.05) is 7.11 Å². The Kier molecular flexibility index (Phi) is 22.1. The molecule has 0 amide bonds. The van der Waals surface area contributed by atoms with Crippen molar-refractivity contribution >= 4 is 6.16 Å². The van der Waals surface area contributed by atoms with Crippen LogP contribution < -0.4 is 10.4 Å². The molecule has 0 bridgehead atoms. The number of rotatable bonds is 12. The average molecular weight is 289 g/mol. The fourth-order valence-electron chi connectivity index (χ4n) is 2.01. The van der Waals surface area contributed by atoms with Crippen LogP contribution in [0.4, 0.5) is 4.79 Å². The van der Waals surface area contributed by atoms with Gasteiger partial charge in [0.25, 0.3) is 6.16 Å². The third-order valence-corrected chi connectivity index (χ3v) is 3.26. The van der Waals surface area contributed by atoms with Gasteiger partial charge in [0.2, 0.25) is 0 Å². The van der Waals surface area contributed by atoms with E-state index in [0.29, 0.717) is 0 Å². The van der Waals surface area contributed by atoms with Gasteiger partial charge in [0.1, 0.15) is 0 Å². The summed E-state index contributed by atoms with van der Waals surface area (Å²) in [6, 6.07) is 0. The van der Waals surface area contributed by atoms with Crippen LogP contribution in [0.2, 0.25) is 0 Å². The van der Waals surface area contributed by atoms with E-state index in [4.69, 9.17) is 9.90 Å². The third kappa shape index (κ3) is 25.9. The van der Waals surface area contributed by atoms with Crippen molar-refractivity contribution in [2.45, 2.75) is 77.6 Å². The lowest BCUT2D eigenvalue weighted by atomic mass is 10.1. The van der Waals surface area contributed by atoms with E-state index in [1.807, 2.05) is 0 Å². The Labute approximate surface area is 125 Å². The maximum Gasteiger partial charge on any atom is 0.251 e. The number of hydrogen-bond donors (Lipinski definition) is 1. The molecule has 4 heteroatoms. The largest absolute Gasteiger partial charge is 0.553 e. The lowest BCUT2D eigenvalue weighted by molar-refractivity contribution is -0.627. The van der Waals surface area contributed by atoms with Gasteiger partial charge in [-0.25, -0.2) is 0 Å². The molecule has 4 nitrogen and oxygen atoms in total. The minimum absolute atomic E-state index is 1.04. The van der Waals surface area contributed by atoms with Gasteiger partial charge in [-0.05, 0) is 12.8 Å². The molecule has 20 heavy (non-hydrogen) atoms. The highest BCUT2D eigenvalue weighted by Gasteiger charge is 1.92. The minimum Gasteiger partial charge on any atom is -0.553 e. The fourth-order valence-corrected chi connectivity index (χ4v) is 2.01. The number of carboxylic acid groups (broad SMARTS) is 1. The highest BCUT2D eigenvalue weighted by Crippen LogP contribution is 2.10. The Morgan fingerprint density at radius 1 is 0.900 bits per heavy atom. The molecule has 0 unspecified atom stereocenters. The van der Waals surface area contributed by atoms with Crippen molar-refractivity contribution in [2.24, 2.45) is 0 Å². The monoisotopic (exact) mass is 289 g/mol. The predicted octanol–water partition coefficient (Wildman–Crippen LogP) is 2.47. The van der Waals surface area contributed by atoms with E-state index < -0.39 is 6.16 Å². The number of quaternary nitrogens is 1. The zero-order chi connectivity index (χ0) is 15.5. The van der Waals surface area contributed by atoms with E-state index in [9.17, 15) is 0 Å². The molecule has 0 atom stereocenters. The molecule has 0 rings (SSSR count). The Hall–Kier alpha value is -0.770. The molecule has 0 radical (unpaired) electrons. The molecular weight excluding hydrogens is 254 g/mol. The lowest BCUT2D eigenvalue weighted by Gasteiger charge is -2.01. The summed E-state index contributed by atoms with van der Waals surface area (Å²) in [6.07, 6.45) is 14.5. The Morgan fingerprint density at radius 2 is 1.25 bits per heavy atom. The fraction of sp³-hybridized carbons (Fsp3) is 0.938. The third-order valence-electron chi connectivity index (χ3n) is 3.26. The first-order valence-corrected chi connectivity index (χ1v) is 8.21. The summed E-state index contributed by atoms with van der Waals surface area (Å²) in [5.41, 5.74) is 0. The van der Waals surface area contributed by atoms with Gasteiger partial charge < -0.3 is 20.0 Å². The van der Waals surface area contributed by atoms with E-state index in [-0.39, 0.29) is 0 Å². The van der Waals surface area contributed by atoms with Gasteiger partial charge in [-0.1, -0.05) is 64.7 Å². The molecular formula is C16H35NO3. The van der Waals surface area contributed by atoms with Crippen LogP contribution in [-0.4, -0.2) is 26.9 Å². The zero-order valence-corrected chi connectivity index (χ0v) is 13.8. The van der Waals surface area contributed by atoms with Crippen molar-refractivity contribution in [3.63, 3.8) is 0 Å². The van der Waals surface area contributed by atoms with Gasteiger partial charge in [0.15, 0.2) is 0 Å². The van der Waals surface area contributed by atoms with E-state index in [0.717, 1.165) is 7.11 Å². The lowest BCUT2D eigenvalue weighted by Crippen LogP contribution is -2.79. The van der Waals surface area contributed by atoms with Crippen LogP contribution in [0.5, 0.6) is 0 Å². The van der Waals surface area contributed by atoms with Crippen molar-refractivity contribution in [1.82, 2.24) is 0 Å². The summed E-state index contributed by atoms with van der Waals surface area (Å²) in [5, 5.41) is 11.3. The maximum absolute atomic E-state index is 9.03. The Morgan fingerprint density at radius 3 is 1.55 bits per heavy atom. The molecule has 0 fully saturated rings. The normalized spacial score (nSPS) is 9.75. The number of unbranched alkanes of at least 4 members (excludes halogenated alkanes) is 10. The van der Waals surface area contributed by atoms with Gasteiger partial charge in [-0.3, -0.25) is 0 Å². The zero-order valence-electron chi connectivity index (χ0n) is 13.8. The SMILES string of the molecule is CCCCCCCCCCCCC[NH2+]C.COC(=O)[O-]. The molecule has 0 aliphatic carbocycles. The van der Waals surface area contributed by atoms with Crippen molar-refractivity contribution < 1.29 is 20.0 Å². The van der Waals surface area contributed by atoms with Crippen molar-refractivity contribution in [2.75, 3.05) is 20.7 Å². The van der Waals surface area contributed by atoms with Gasteiger partial charge in [-0.2, -0.15) is 0 Å². The van der Waals surface area contributed by atoms with Crippen LogP contribution in [0.3, 0.4) is 0 Å². The van der Waals surface area contributed by atoms with Crippen molar-refractivity contribution in [3.8, 4) is 0 Å². The molecule has 0 aromatic carbocycles. The number of carbonyl (C=O) groups excluding carboxylic acids is 1. The first-order valence-electron chi connectivity index (χ1n) is 8.21. The first kappa shape index (κ1) is 21.5. The van der Waals surface area contributed by atoms with Crippen LogP contribution >= 0.6 is 0 Å². The summed E-state index contributed by atoms with van der Waals surface area (Å²) in [5.74, 6) is 0. The Balaban J connectivity index is 0. The van der Waals surface area contributed by atoms with Crippen molar-refractivity contribution in [1.29, 1.82) is 0 Å². The second-order valence-electron chi connectivity index (χ2n) is 5.19. The van der Waals surface area contributed by atoms with Gasteiger partial charge in [-0.15, -0.1) is 0 Å². The second-order valence-corrected chi connectivity index (χ2v) is 5.19. The molecule has 122 valence electrons. The summed E-state index contributed by atoms with van der Waals surface area (Å²) < 4.78 is 3.56. The van der Waals surface area contributed by atoms with E-state index in [1.54, 1.807) is 0 Å². The molecule has 0 saturated heterocycles. The first-order chi connectivity index (χ1) is 9.68. The maximum atomic E-state index is 9.03. The quantitative estimate of drug-likeness (QED) is 0.443. The number of ether oxygens (including phenoxy) is 1. The van der Waals surface area contributed by atoms with Crippen LogP contribution in [0.25, 0.3) is 0 Å². The molecule has 2 N–H and O–H groups in total. The molecule has 0 spiro atoms.